The van der Waals surface area contributed by atoms with Crippen LogP contribution < -0.4 is 10.2 Å². The van der Waals surface area contributed by atoms with E-state index in [-0.39, 0.29) is 18.0 Å². The largest absolute Gasteiger partial charge is 0.468 e. The topological polar surface area (TPSA) is 84.0 Å². The summed E-state index contributed by atoms with van der Waals surface area (Å²) in [6.07, 6.45) is 6.64. The zero-order valence-electron chi connectivity index (χ0n) is 23.2. The smallest absolute Gasteiger partial charge is 0.410 e. The zero-order valence-corrected chi connectivity index (χ0v) is 23.2. The van der Waals surface area contributed by atoms with E-state index < -0.39 is 11.0 Å². The molecule has 1 fully saturated rings. The van der Waals surface area contributed by atoms with E-state index in [9.17, 15) is 9.59 Å². The summed E-state index contributed by atoms with van der Waals surface area (Å²) < 4.78 is 10.9. The number of piperazine rings is 1. The van der Waals surface area contributed by atoms with Crippen LogP contribution in [-0.4, -0.2) is 67.4 Å². The van der Waals surface area contributed by atoms with E-state index in [4.69, 9.17) is 14.5 Å². The van der Waals surface area contributed by atoms with Crippen LogP contribution in [0.3, 0.4) is 0 Å². The minimum atomic E-state index is -0.840. The molecule has 37 heavy (non-hydrogen) atoms. The number of anilines is 1. The van der Waals surface area contributed by atoms with E-state index in [0.29, 0.717) is 26.2 Å². The molecule has 3 aliphatic rings. The van der Waals surface area contributed by atoms with Crippen molar-refractivity contribution in [3.05, 3.63) is 52.9 Å². The minimum Gasteiger partial charge on any atom is -0.468 e. The van der Waals surface area contributed by atoms with Crippen LogP contribution in [0.2, 0.25) is 0 Å². The first kappa shape index (κ1) is 26.8. The van der Waals surface area contributed by atoms with Crippen molar-refractivity contribution < 1.29 is 19.1 Å². The molecule has 1 amide bonds. The maximum Gasteiger partial charge on any atom is 0.410 e. The normalized spacial score (nSPS) is 22.6. The monoisotopic (exact) mass is 508 g/mol. The van der Waals surface area contributed by atoms with Gasteiger partial charge in [-0.25, -0.2) is 9.78 Å². The number of nitrogens with one attached hydrogen (secondary N) is 1. The van der Waals surface area contributed by atoms with Crippen LogP contribution in [0.1, 0.15) is 53.5 Å². The van der Waals surface area contributed by atoms with E-state index >= 15 is 0 Å². The summed E-state index contributed by atoms with van der Waals surface area (Å²) >= 11 is 0. The first-order valence-electron chi connectivity index (χ1n) is 13.2. The van der Waals surface area contributed by atoms with E-state index in [2.05, 4.69) is 49.2 Å². The summed E-state index contributed by atoms with van der Waals surface area (Å²) in [5.74, 6) is 0.709. The number of hydrogen-bond donors (Lipinski definition) is 1. The number of pyridine rings is 1. The Bertz CT molecular complexity index is 1140. The lowest BCUT2D eigenvalue weighted by atomic mass is 9.64. The Morgan fingerprint density at radius 2 is 1.89 bits per heavy atom. The third-order valence-electron chi connectivity index (χ3n) is 7.59. The molecule has 0 saturated carbocycles. The van der Waals surface area contributed by atoms with Crippen molar-refractivity contribution in [2.45, 2.75) is 53.6 Å². The molecule has 200 valence electrons. The average Bonchev–Trinajstić information content (AvgIpc) is 3.27. The van der Waals surface area contributed by atoms with E-state index in [1.54, 1.807) is 4.90 Å². The van der Waals surface area contributed by atoms with Crippen molar-refractivity contribution >= 4 is 23.5 Å². The minimum absolute atomic E-state index is 0.0667. The quantitative estimate of drug-likeness (QED) is 0.585. The van der Waals surface area contributed by atoms with Gasteiger partial charge in [0.1, 0.15) is 16.8 Å². The van der Waals surface area contributed by atoms with Crippen LogP contribution in [0, 0.1) is 11.3 Å². The molecular formula is C29H40N4O4. The fourth-order valence-corrected chi connectivity index (χ4v) is 5.45. The Balaban J connectivity index is 1.56. The summed E-state index contributed by atoms with van der Waals surface area (Å²) in [4.78, 5) is 34.4. The molecule has 8 heteroatoms. The number of esters is 1. The highest BCUT2D eigenvalue weighted by molar-refractivity contribution is 5.93. The Kier molecular flexibility index (Phi) is 7.40. The Morgan fingerprint density at radius 1 is 1.19 bits per heavy atom. The number of methoxy groups -OCH3 is 1. The van der Waals surface area contributed by atoms with Gasteiger partial charge in [-0.05, 0) is 74.1 Å². The summed E-state index contributed by atoms with van der Waals surface area (Å²) in [5.41, 5.74) is 3.77. The molecule has 1 saturated heterocycles. The third kappa shape index (κ3) is 5.11. The number of nitrogens with zero attached hydrogens (tertiary/aromatic N) is 3. The first-order valence-corrected chi connectivity index (χ1v) is 13.2. The Hall–Kier alpha value is -3.29. The highest BCUT2D eigenvalue weighted by Gasteiger charge is 2.50. The molecule has 0 radical (unpaired) electrons. The van der Waals surface area contributed by atoms with Gasteiger partial charge in [-0.2, -0.15) is 0 Å². The Labute approximate surface area is 220 Å². The SMILES string of the molecule is CCC(C)C1(C(=O)OC)C=C(c2ccc(N3CCN(C(=O)OC(C)(C)C)CC3)nc2)C=C2NCC(C)=C21. The van der Waals surface area contributed by atoms with Gasteiger partial charge in [0.25, 0.3) is 0 Å². The van der Waals surface area contributed by atoms with Crippen molar-refractivity contribution in [1.29, 1.82) is 0 Å². The van der Waals surface area contributed by atoms with E-state index in [0.717, 1.165) is 41.2 Å². The lowest BCUT2D eigenvalue weighted by Crippen LogP contribution is -2.50. The second-order valence-corrected chi connectivity index (χ2v) is 11.2. The number of allylic oxidation sites excluding steroid dienone is 3. The molecule has 1 aliphatic carbocycles. The predicted molar refractivity (Wildman–Crippen MR) is 145 cm³/mol. The van der Waals surface area contributed by atoms with E-state index in [1.807, 2.05) is 33.0 Å². The summed E-state index contributed by atoms with van der Waals surface area (Å²) in [5, 5.41) is 3.48. The number of carbonyl (C=O) groups is 2. The number of hydrogen-bond acceptors (Lipinski definition) is 7. The van der Waals surface area contributed by atoms with Crippen LogP contribution >= 0.6 is 0 Å². The Morgan fingerprint density at radius 3 is 2.46 bits per heavy atom. The number of carbonyl (C=O) groups excluding carboxylic acids is 2. The summed E-state index contributed by atoms with van der Waals surface area (Å²) in [6, 6.07) is 4.07. The van der Waals surface area contributed by atoms with Crippen LogP contribution in [0.15, 0.2) is 47.3 Å². The average molecular weight is 509 g/mol. The molecule has 3 heterocycles. The molecule has 1 aromatic heterocycles. The molecule has 2 unspecified atom stereocenters. The molecular weight excluding hydrogens is 468 g/mol. The highest BCUT2D eigenvalue weighted by atomic mass is 16.6. The van der Waals surface area contributed by atoms with Crippen molar-refractivity contribution in [2.75, 3.05) is 44.7 Å². The van der Waals surface area contributed by atoms with Crippen LogP contribution in [-0.2, 0) is 14.3 Å². The molecule has 1 N–H and O–H groups in total. The highest BCUT2D eigenvalue weighted by Crippen LogP contribution is 2.50. The lowest BCUT2D eigenvalue weighted by molar-refractivity contribution is -0.150. The van der Waals surface area contributed by atoms with Gasteiger partial charge in [-0.3, -0.25) is 4.79 Å². The van der Waals surface area contributed by atoms with Gasteiger partial charge in [0.15, 0.2) is 0 Å². The molecule has 0 bridgehead atoms. The van der Waals surface area contributed by atoms with Gasteiger partial charge < -0.3 is 24.6 Å². The molecule has 0 aromatic carbocycles. The molecule has 8 nitrogen and oxygen atoms in total. The molecule has 2 atom stereocenters. The molecule has 0 spiro atoms. The van der Waals surface area contributed by atoms with Gasteiger partial charge in [0.05, 0.1) is 7.11 Å². The van der Waals surface area contributed by atoms with Crippen molar-refractivity contribution in [3.8, 4) is 0 Å². The second-order valence-electron chi connectivity index (χ2n) is 11.2. The zero-order chi connectivity index (χ0) is 27.0. The number of aromatic nitrogens is 1. The number of fused-ring (bicyclic) bond motifs is 1. The van der Waals surface area contributed by atoms with E-state index in [1.165, 1.54) is 12.7 Å². The van der Waals surface area contributed by atoms with Crippen molar-refractivity contribution in [1.82, 2.24) is 15.2 Å². The third-order valence-corrected chi connectivity index (χ3v) is 7.59. The van der Waals surface area contributed by atoms with Gasteiger partial charge >= 0.3 is 12.1 Å². The number of amides is 1. The fourth-order valence-electron chi connectivity index (χ4n) is 5.45. The van der Waals surface area contributed by atoms with Crippen LogP contribution in [0.25, 0.3) is 5.57 Å². The van der Waals surface area contributed by atoms with Crippen LogP contribution in [0.4, 0.5) is 10.6 Å². The van der Waals surface area contributed by atoms with Crippen molar-refractivity contribution in [2.24, 2.45) is 11.3 Å². The molecule has 1 aromatic rings. The van der Waals surface area contributed by atoms with Crippen LogP contribution in [0.5, 0.6) is 0 Å². The maximum atomic E-state index is 13.4. The predicted octanol–water partition coefficient (Wildman–Crippen LogP) is 4.54. The maximum absolute atomic E-state index is 13.4. The summed E-state index contributed by atoms with van der Waals surface area (Å²) in [7, 11) is 1.47. The van der Waals surface area contributed by atoms with Gasteiger partial charge in [0.2, 0.25) is 0 Å². The summed E-state index contributed by atoms with van der Waals surface area (Å²) in [6.45, 7) is 15.2. The van der Waals surface area contributed by atoms with Gasteiger partial charge in [-0.1, -0.05) is 26.3 Å². The number of rotatable bonds is 5. The lowest BCUT2D eigenvalue weighted by Gasteiger charge is -2.39. The van der Waals surface area contributed by atoms with Gasteiger partial charge in [0, 0.05) is 44.6 Å². The van der Waals surface area contributed by atoms with Crippen molar-refractivity contribution in [3.63, 3.8) is 0 Å². The van der Waals surface area contributed by atoms with Gasteiger partial charge in [-0.15, -0.1) is 0 Å². The molecule has 4 rings (SSSR count). The fraction of sp³-hybridized carbons (Fsp3) is 0.552. The first-order chi connectivity index (χ1) is 17.5. The standard InChI is InChI=1S/C29H40N4O4/c1-8-20(3)29(26(34)36-7)16-22(15-23-25(29)19(2)17-30-23)21-9-10-24(31-18-21)32-11-13-33(14-12-32)27(35)37-28(4,5)6/h9-10,15-16,18,20,30H,8,11-14,17H2,1-7H3. The second kappa shape index (κ2) is 10.2. The number of ether oxygens (including phenoxy) is 2. The molecule has 2 aliphatic heterocycles.